The van der Waals surface area contributed by atoms with Crippen molar-refractivity contribution in [2.75, 3.05) is 26.2 Å². The molecule has 0 spiro atoms. The van der Waals surface area contributed by atoms with Gasteiger partial charge >= 0.3 is 0 Å². The van der Waals surface area contributed by atoms with Crippen LogP contribution in [0.25, 0.3) is 0 Å². The fourth-order valence-corrected chi connectivity index (χ4v) is 3.25. The topological polar surface area (TPSA) is 15.3 Å². The number of hydrogen-bond acceptors (Lipinski definition) is 2. The van der Waals surface area contributed by atoms with Gasteiger partial charge in [0.15, 0.2) is 0 Å². The Bertz CT molecular complexity index is 568. The first-order chi connectivity index (χ1) is 10.8. The summed E-state index contributed by atoms with van der Waals surface area (Å²) in [5, 5.41) is 3.45. The average Bonchev–Trinajstić information content (AvgIpc) is 2.57. The Kier molecular flexibility index (Phi) is 4.91. The number of rotatable bonds is 4. The molecule has 1 saturated heterocycles. The summed E-state index contributed by atoms with van der Waals surface area (Å²) in [6.07, 6.45) is 0. The third-order valence-electron chi connectivity index (χ3n) is 4.55. The molecule has 0 amide bonds. The summed E-state index contributed by atoms with van der Waals surface area (Å²) in [5.74, 6) is 0.586. The van der Waals surface area contributed by atoms with Crippen molar-refractivity contribution in [3.8, 4) is 0 Å². The monoisotopic (exact) mass is 294 g/mol. The molecule has 1 heterocycles. The number of hydrogen-bond donors (Lipinski definition) is 1. The van der Waals surface area contributed by atoms with Crippen LogP contribution in [0.3, 0.4) is 0 Å². The number of piperazine rings is 1. The van der Waals surface area contributed by atoms with E-state index in [4.69, 9.17) is 0 Å². The fraction of sp³-hybridized carbons (Fsp3) is 0.400. The molecular formula is C20H26N2. The van der Waals surface area contributed by atoms with Crippen LogP contribution in [0.4, 0.5) is 0 Å². The second-order valence-corrected chi connectivity index (χ2v) is 6.42. The first-order valence-corrected chi connectivity index (χ1v) is 8.35. The molecule has 2 aromatic rings. The quantitative estimate of drug-likeness (QED) is 0.922. The largest absolute Gasteiger partial charge is 0.314 e. The standard InChI is InChI=1S/C20H26N2/c1-16(2)17-8-10-19(11-9-17)20(18-6-4-3-5-7-18)22-14-12-21-13-15-22/h3-11,16,20-21H,12-15H2,1-2H3. The molecule has 2 heteroatoms. The summed E-state index contributed by atoms with van der Waals surface area (Å²) >= 11 is 0. The van der Waals surface area contributed by atoms with E-state index in [1.165, 1.54) is 16.7 Å². The van der Waals surface area contributed by atoms with Gasteiger partial charge in [-0.15, -0.1) is 0 Å². The van der Waals surface area contributed by atoms with Crippen molar-refractivity contribution in [2.45, 2.75) is 25.8 Å². The Labute approximate surface area is 134 Å². The van der Waals surface area contributed by atoms with Crippen LogP contribution in [0, 0.1) is 0 Å². The lowest BCUT2D eigenvalue weighted by atomic mass is 9.94. The predicted molar refractivity (Wildman–Crippen MR) is 93.3 cm³/mol. The van der Waals surface area contributed by atoms with E-state index in [0.717, 1.165) is 26.2 Å². The van der Waals surface area contributed by atoms with Gasteiger partial charge in [0, 0.05) is 26.2 Å². The highest BCUT2D eigenvalue weighted by Crippen LogP contribution is 2.29. The van der Waals surface area contributed by atoms with E-state index in [-0.39, 0.29) is 0 Å². The molecule has 0 bridgehead atoms. The molecule has 3 rings (SSSR count). The minimum Gasteiger partial charge on any atom is -0.314 e. The van der Waals surface area contributed by atoms with Crippen molar-refractivity contribution in [1.82, 2.24) is 10.2 Å². The molecule has 116 valence electrons. The number of nitrogens with one attached hydrogen (secondary N) is 1. The van der Waals surface area contributed by atoms with Crippen molar-refractivity contribution < 1.29 is 0 Å². The minimum atomic E-state index is 0.365. The van der Waals surface area contributed by atoms with Crippen molar-refractivity contribution in [2.24, 2.45) is 0 Å². The lowest BCUT2D eigenvalue weighted by molar-refractivity contribution is 0.198. The van der Waals surface area contributed by atoms with Gasteiger partial charge in [0.1, 0.15) is 0 Å². The third-order valence-corrected chi connectivity index (χ3v) is 4.55. The molecule has 1 unspecified atom stereocenters. The highest BCUT2D eigenvalue weighted by Gasteiger charge is 2.23. The molecular weight excluding hydrogens is 268 g/mol. The SMILES string of the molecule is CC(C)c1ccc(C(c2ccccc2)N2CCNCC2)cc1. The summed E-state index contributed by atoms with van der Waals surface area (Å²) in [4.78, 5) is 2.59. The van der Waals surface area contributed by atoms with Crippen LogP contribution in [-0.2, 0) is 0 Å². The van der Waals surface area contributed by atoms with E-state index in [0.29, 0.717) is 12.0 Å². The average molecular weight is 294 g/mol. The van der Waals surface area contributed by atoms with E-state index in [9.17, 15) is 0 Å². The molecule has 1 atom stereocenters. The highest BCUT2D eigenvalue weighted by molar-refractivity contribution is 5.34. The lowest BCUT2D eigenvalue weighted by Gasteiger charge is -2.35. The van der Waals surface area contributed by atoms with E-state index < -0.39 is 0 Å². The second kappa shape index (κ2) is 7.08. The van der Waals surface area contributed by atoms with Crippen molar-refractivity contribution >= 4 is 0 Å². The van der Waals surface area contributed by atoms with Crippen LogP contribution >= 0.6 is 0 Å². The zero-order valence-electron chi connectivity index (χ0n) is 13.6. The summed E-state index contributed by atoms with van der Waals surface area (Å²) in [7, 11) is 0. The van der Waals surface area contributed by atoms with Gasteiger partial charge in [0.05, 0.1) is 6.04 Å². The van der Waals surface area contributed by atoms with Crippen LogP contribution in [0.15, 0.2) is 54.6 Å². The maximum absolute atomic E-state index is 3.45. The molecule has 1 aliphatic heterocycles. The van der Waals surface area contributed by atoms with Gasteiger partial charge < -0.3 is 5.32 Å². The molecule has 2 nitrogen and oxygen atoms in total. The van der Waals surface area contributed by atoms with Gasteiger partial charge in [-0.05, 0) is 22.6 Å². The summed E-state index contributed by atoms with van der Waals surface area (Å²) in [5.41, 5.74) is 4.20. The van der Waals surface area contributed by atoms with Gasteiger partial charge in [-0.1, -0.05) is 68.4 Å². The molecule has 0 aromatic heterocycles. The van der Waals surface area contributed by atoms with Crippen molar-refractivity contribution in [3.05, 3.63) is 71.3 Å². The van der Waals surface area contributed by atoms with Gasteiger partial charge in [-0.25, -0.2) is 0 Å². The zero-order valence-corrected chi connectivity index (χ0v) is 13.6. The predicted octanol–water partition coefficient (Wildman–Crippen LogP) is 3.80. The summed E-state index contributed by atoms with van der Waals surface area (Å²) < 4.78 is 0. The minimum absolute atomic E-state index is 0.365. The normalized spacial score (nSPS) is 17.6. The number of benzene rings is 2. The molecule has 1 fully saturated rings. The lowest BCUT2D eigenvalue weighted by Crippen LogP contribution is -2.45. The van der Waals surface area contributed by atoms with Crippen molar-refractivity contribution in [3.63, 3.8) is 0 Å². The van der Waals surface area contributed by atoms with E-state index in [2.05, 4.69) is 78.7 Å². The summed E-state index contributed by atoms with van der Waals surface area (Å²) in [6, 6.07) is 20.5. The molecule has 1 aliphatic rings. The maximum atomic E-state index is 3.45. The third kappa shape index (κ3) is 3.40. The highest BCUT2D eigenvalue weighted by atomic mass is 15.2. The van der Waals surface area contributed by atoms with Crippen LogP contribution in [0.1, 0.15) is 42.5 Å². The first kappa shape index (κ1) is 15.3. The van der Waals surface area contributed by atoms with Crippen LogP contribution < -0.4 is 5.32 Å². The van der Waals surface area contributed by atoms with Gasteiger partial charge in [0.25, 0.3) is 0 Å². The molecule has 2 aromatic carbocycles. The molecule has 0 radical (unpaired) electrons. The van der Waals surface area contributed by atoms with E-state index in [1.54, 1.807) is 0 Å². The maximum Gasteiger partial charge on any atom is 0.0602 e. The molecule has 22 heavy (non-hydrogen) atoms. The molecule has 0 aliphatic carbocycles. The Morgan fingerprint density at radius 1 is 0.773 bits per heavy atom. The Morgan fingerprint density at radius 3 is 1.91 bits per heavy atom. The van der Waals surface area contributed by atoms with Crippen molar-refractivity contribution in [1.29, 1.82) is 0 Å². The smallest absolute Gasteiger partial charge is 0.0602 e. The van der Waals surface area contributed by atoms with Crippen LogP contribution in [0.2, 0.25) is 0 Å². The molecule has 1 N–H and O–H groups in total. The Morgan fingerprint density at radius 2 is 1.32 bits per heavy atom. The first-order valence-electron chi connectivity index (χ1n) is 8.35. The zero-order chi connectivity index (χ0) is 15.4. The van der Waals surface area contributed by atoms with E-state index in [1.807, 2.05) is 0 Å². The van der Waals surface area contributed by atoms with Crippen LogP contribution in [-0.4, -0.2) is 31.1 Å². The summed E-state index contributed by atoms with van der Waals surface area (Å²) in [6.45, 7) is 8.86. The van der Waals surface area contributed by atoms with Crippen LogP contribution in [0.5, 0.6) is 0 Å². The van der Waals surface area contributed by atoms with E-state index >= 15 is 0 Å². The number of nitrogens with zero attached hydrogens (tertiary/aromatic N) is 1. The Balaban J connectivity index is 1.93. The van der Waals surface area contributed by atoms with Gasteiger partial charge in [-0.3, -0.25) is 4.90 Å². The fourth-order valence-electron chi connectivity index (χ4n) is 3.25. The van der Waals surface area contributed by atoms with Gasteiger partial charge in [0.2, 0.25) is 0 Å². The Hall–Kier alpha value is -1.64. The second-order valence-electron chi connectivity index (χ2n) is 6.42. The molecule has 0 saturated carbocycles. The van der Waals surface area contributed by atoms with Gasteiger partial charge in [-0.2, -0.15) is 0 Å².